The highest BCUT2D eigenvalue weighted by Gasteiger charge is 2.15. The minimum atomic E-state index is -2.82. The quantitative estimate of drug-likeness (QED) is 0.519. The van der Waals surface area contributed by atoms with E-state index in [2.05, 4.69) is 6.92 Å². The molecule has 1 atom stereocenters. The van der Waals surface area contributed by atoms with E-state index >= 15 is 0 Å². The molecule has 0 saturated heterocycles. The summed E-state index contributed by atoms with van der Waals surface area (Å²) < 4.78 is 16.2. The van der Waals surface area contributed by atoms with Crippen LogP contribution in [0, 0.1) is 0 Å². The summed E-state index contributed by atoms with van der Waals surface area (Å²) in [7, 11) is 0. The fourth-order valence-corrected chi connectivity index (χ4v) is 3.47. The minimum Gasteiger partial charge on any atom is -0.310 e. The number of unbranched alkanes of at least 4 members (excludes halogenated alkanes) is 2. The van der Waals surface area contributed by atoms with Crippen LogP contribution in [0.25, 0.3) is 0 Å². The van der Waals surface area contributed by atoms with Crippen molar-refractivity contribution in [3.8, 4) is 0 Å². The summed E-state index contributed by atoms with van der Waals surface area (Å²) >= 11 is 1.25. The van der Waals surface area contributed by atoms with Crippen LogP contribution in [0.4, 0.5) is 0 Å². The van der Waals surface area contributed by atoms with Gasteiger partial charge in [-0.2, -0.15) is 0 Å². The van der Waals surface area contributed by atoms with Gasteiger partial charge in [0.1, 0.15) is 0 Å². The van der Waals surface area contributed by atoms with Gasteiger partial charge in [-0.15, -0.1) is 0 Å². The Morgan fingerprint density at radius 1 is 1.42 bits per heavy atom. The van der Waals surface area contributed by atoms with Crippen molar-refractivity contribution in [2.75, 3.05) is 12.4 Å². The van der Waals surface area contributed by atoms with Gasteiger partial charge in [0.25, 0.3) is 0 Å². The highest BCUT2D eigenvalue weighted by molar-refractivity contribution is 8.55. The second-order valence-electron chi connectivity index (χ2n) is 2.50. The Bertz CT molecular complexity index is 154. The maximum absolute atomic E-state index is 11.3. The molecule has 0 amide bonds. The largest absolute Gasteiger partial charge is 0.323 e. The lowest BCUT2D eigenvalue weighted by Crippen LogP contribution is -1.96. The van der Waals surface area contributed by atoms with Crippen molar-refractivity contribution in [2.45, 2.75) is 33.1 Å². The van der Waals surface area contributed by atoms with Gasteiger partial charge in [0, 0.05) is 5.75 Å². The van der Waals surface area contributed by atoms with Crippen LogP contribution in [0.5, 0.6) is 0 Å². The van der Waals surface area contributed by atoms with Gasteiger partial charge >= 0.3 is 6.72 Å². The molecule has 12 heavy (non-hydrogen) atoms. The van der Waals surface area contributed by atoms with Gasteiger partial charge in [0.2, 0.25) is 0 Å². The zero-order valence-corrected chi connectivity index (χ0v) is 9.50. The summed E-state index contributed by atoms with van der Waals surface area (Å²) in [6.45, 7) is 1.54. The Hall–Kier alpha value is 0.500. The third kappa shape index (κ3) is 7.17. The molecular formula is C7H18NO2PS. The smallest absolute Gasteiger partial charge is 0.310 e. The van der Waals surface area contributed by atoms with E-state index in [4.69, 9.17) is 10.0 Å². The summed E-state index contributed by atoms with van der Waals surface area (Å²) in [5.41, 5.74) is 5.41. The Morgan fingerprint density at radius 2 is 2.08 bits per heavy atom. The van der Waals surface area contributed by atoms with E-state index < -0.39 is 6.72 Å². The molecule has 0 heterocycles. The first-order valence-electron chi connectivity index (χ1n) is 4.30. The van der Waals surface area contributed by atoms with E-state index in [-0.39, 0.29) is 0 Å². The predicted octanol–water partition coefficient (Wildman–Crippen LogP) is 3.01. The average molecular weight is 211 g/mol. The van der Waals surface area contributed by atoms with Crippen molar-refractivity contribution >= 4 is 18.1 Å². The van der Waals surface area contributed by atoms with E-state index in [9.17, 15) is 4.57 Å². The van der Waals surface area contributed by atoms with E-state index in [0.29, 0.717) is 6.61 Å². The van der Waals surface area contributed by atoms with Gasteiger partial charge in [-0.25, -0.2) is 0 Å². The van der Waals surface area contributed by atoms with Crippen molar-refractivity contribution in [1.29, 1.82) is 0 Å². The molecule has 3 nitrogen and oxygen atoms in total. The Labute approximate surface area is 78.7 Å². The van der Waals surface area contributed by atoms with E-state index in [1.165, 1.54) is 24.2 Å². The standard InChI is InChI=1S/C7H18NO2PS/c1-3-5-6-7-12-11(8,9)10-4-2/h3-7H2,1-2H3,(H2,8,9). The Kier molecular flexibility index (Phi) is 7.25. The normalized spacial score (nSPS) is 15.9. The molecule has 0 bridgehead atoms. The topological polar surface area (TPSA) is 52.3 Å². The first kappa shape index (κ1) is 12.5. The summed E-state index contributed by atoms with van der Waals surface area (Å²) in [5, 5.41) is 0. The molecule has 74 valence electrons. The van der Waals surface area contributed by atoms with Crippen LogP contribution in [0.15, 0.2) is 0 Å². The SMILES string of the molecule is CCCCCSP(N)(=O)OCC. The average Bonchev–Trinajstić information content (AvgIpc) is 1.98. The molecule has 0 aliphatic carbocycles. The Balaban J connectivity index is 3.41. The molecule has 0 fully saturated rings. The third-order valence-electron chi connectivity index (χ3n) is 1.33. The van der Waals surface area contributed by atoms with Crippen LogP contribution >= 0.6 is 18.1 Å². The number of hydrogen-bond donors (Lipinski definition) is 1. The molecule has 1 unspecified atom stereocenters. The Morgan fingerprint density at radius 3 is 2.58 bits per heavy atom. The maximum atomic E-state index is 11.3. The zero-order chi connectivity index (χ0) is 9.45. The highest BCUT2D eigenvalue weighted by Crippen LogP contribution is 2.52. The van der Waals surface area contributed by atoms with Gasteiger partial charge in [-0.3, -0.25) is 10.1 Å². The zero-order valence-electron chi connectivity index (χ0n) is 7.78. The molecule has 0 aliphatic rings. The summed E-state index contributed by atoms with van der Waals surface area (Å²) in [6.07, 6.45) is 3.40. The molecule has 0 aromatic heterocycles. The van der Waals surface area contributed by atoms with Crippen LogP contribution in [0.2, 0.25) is 0 Å². The number of rotatable bonds is 7. The predicted molar refractivity (Wildman–Crippen MR) is 55.4 cm³/mol. The first-order valence-corrected chi connectivity index (χ1v) is 7.58. The maximum Gasteiger partial charge on any atom is 0.323 e. The van der Waals surface area contributed by atoms with E-state index in [0.717, 1.165) is 12.2 Å². The van der Waals surface area contributed by atoms with Crippen LogP contribution in [0.1, 0.15) is 33.1 Å². The molecule has 0 saturated carbocycles. The molecule has 5 heteroatoms. The lowest BCUT2D eigenvalue weighted by atomic mass is 10.3. The lowest BCUT2D eigenvalue weighted by molar-refractivity contribution is 0.346. The van der Waals surface area contributed by atoms with Crippen molar-refractivity contribution < 1.29 is 9.09 Å². The monoisotopic (exact) mass is 211 g/mol. The van der Waals surface area contributed by atoms with E-state index in [1.54, 1.807) is 6.92 Å². The summed E-state index contributed by atoms with van der Waals surface area (Å²) in [4.78, 5) is 0. The molecule has 0 spiro atoms. The molecule has 0 rings (SSSR count). The van der Waals surface area contributed by atoms with Gasteiger partial charge in [0.05, 0.1) is 6.61 Å². The van der Waals surface area contributed by atoms with Crippen molar-refractivity contribution in [3.63, 3.8) is 0 Å². The molecule has 0 aromatic carbocycles. The lowest BCUT2D eigenvalue weighted by Gasteiger charge is -2.10. The second-order valence-corrected chi connectivity index (χ2v) is 6.80. The molecule has 0 radical (unpaired) electrons. The van der Waals surface area contributed by atoms with Crippen molar-refractivity contribution in [3.05, 3.63) is 0 Å². The van der Waals surface area contributed by atoms with Gasteiger partial charge in [0.15, 0.2) is 0 Å². The van der Waals surface area contributed by atoms with Gasteiger partial charge in [-0.1, -0.05) is 31.1 Å². The van der Waals surface area contributed by atoms with E-state index in [1.807, 2.05) is 0 Å². The molecule has 0 aromatic rings. The van der Waals surface area contributed by atoms with Crippen molar-refractivity contribution in [2.24, 2.45) is 5.50 Å². The number of nitrogens with two attached hydrogens (primary N) is 1. The molecule has 2 N–H and O–H groups in total. The van der Waals surface area contributed by atoms with Crippen molar-refractivity contribution in [1.82, 2.24) is 0 Å². The summed E-state index contributed by atoms with van der Waals surface area (Å²) in [5.74, 6) is 0.835. The van der Waals surface area contributed by atoms with Crippen LogP contribution < -0.4 is 5.50 Å². The molecule has 0 aliphatic heterocycles. The first-order chi connectivity index (χ1) is 5.62. The third-order valence-corrected chi connectivity index (χ3v) is 4.72. The van der Waals surface area contributed by atoms with Gasteiger partial charge < -0.3 is 4.52 Å². The number of hydrogen-bond acceptors (Lipinski definition) is 3. The highest BCUT2D eigenvalue weighted by atomic mass is 32.7. The fraction of sp³-hybridized carbons (Fsp3) is 1.00. The second kappa shape index (κ2) is 6.96. The van der Waals surface area contributed by atoms with Crippen LogP contribution in [-0.4, -0.2) is 12.4 Å². The molecular weight excluding hydrogens is 193 g/mol. The van der Waals surface area contributed by atoms with Crippen LogP contribution in [0.3, 0.4) is 0 Å². The van der Waals surface area contributed by atoms with Gasteiger partial charge in [-0.05, 0) is 13.3 Å². The fourth-order valence-electron chi connectivity index (χ4n) is 0.761. The summed E-state index contributed by atoms with van der Waals surface area (Å²) in [6, 6.07) is 0. The minimum absolute atomic E-state index is 0.425. The van der Waals surface area contributed by atoms with Crippen LogP contribution in [-0.2, 0) is 9.09 Å².